The smallest absolute Gasteiger partial charge is 0.158 e. The van der Waals surface area contributed by atoms with E-state index in [4.69, 9.17) is 14.2 Å². The highest BCUT2D eigenvalue weighted by Gasteiger charge is 2.28. The maximum atomic E-state index is 6.40. The normalized spacial score (nSPS) is 20.7. The van der Waals surface area contributed by atoms with Gasteiger partial charge >= 0.3 is 0 Å². The van der Waals surface area contributed by atoms with Crippen molar-refractivity contribution in [3.63, 3.8) is 0 Å². The summed E-state index contributed by atoms with van der Waals surface area (Å²) in [7, 11) is 1.97. The van der Waals surface area contributed by atoms with Gasteiger partial charge in [-0.1, -0.05) is 74.0 Å². The lowest BCUT2D eigenvalue weighted by atomic mass is 10.0. The highest BCUT2D eigenvalue weighted by atomic mass is 16.7. The number of hydrogen-bond acceptors (Lipinski definition) is 4. The lowest BCUT2D eigenvalue weighted by molar-refractivity contribution is -0.229. The van der Waals surface area contributed by atoms with Crippen LogP contribution in [0.25, 0.3) is 0 Å². The Hall–Kier alpha value is -1.72. The van der Waals surface area contributed by atoms with Crippen molar-refractivity contribution in [2.45, 2.75) is 78.1 Å². The molecule has 0 spiro atoms. The molecule has 1 N–H and O–H groups in total. The molecule has 2 aromatic carbocycles. The van der Waals surface area contributed by atoms with Crippen LogP contribution in [0, 0.1) is 6.92 Å². The number of aryl methyl sites for hydroxylation is 1. The molecule has 3 rings (SSSR count). The van der Waals surface area contributed by atoms with Crippen molar-refractivity contribution >= 4 is 0 Å². The summed E-state index contributed by atoms with van der Waals surface area (Å²) in [4.78, 5) is 0. The van der Waals surface area contributed by atoms with Gasteiger partial charge in [-0.2, -0.15) is 0 Å². The van der Waals surface area contributed by atoms with E-state index in [1.165, 1.54) is 16.7 Å². The van der Waals surface area contributed by atoms with Gasteiger partial charge in [0.15, 0.2) is 6.29 Å². The lowest BCUT2D eigenvalue weighted by Crippen LogP contribution is -2.38. The third-order valence-corrected chi connectivity index (χ3v) is 5.34. The summed E-state index contributed by atoms with van der Waals surface area (Å²) in [5.74, 6) is 0. The van der Waals surface area contributed by atoms with Crippen LogP contribution in [-0.2, 0) is 20.8 Å². The first kappa shape index (κ1) is 24.5. The fourth-order valence-electron chi connectivity index (χ4n) is 3.52. The number of ether oxygens (including phenoxy) is 3. The van der Waals surface area contributed by atoms with E-state index in [1.807, 2.05) is 27.0 Å². The minimum absolute atomic E-state index is 0.0385. The van der Waals surface area contributed by atoms with Crippen LogP contribution in [0.15, 0.2) is 54.6 Å². The van der Waals surface area contributed by atoms with Crippen LogP contribution in [0.3, 0.4) is 0 Å². The SMILES string of the molecule is CC.CNC(C)C(OC1CCCC(COCc2ccc(C)cc2)O1)c1ccccc1. The first-order chi connectivity index (χ1) is 14.7. The van der Waals surface area contributed by atoms with Crippen molar-refractivity contribution < 1.29 is 14.2 Å². The quantitative estimate of drug-likeness (QED) is 0.564. The molecule has 4 unspecified atom stereocenters. The summed E-state index contributed by atoms with van der Waals surface area (Å²) < 4.78 is 18.5. The Kier molecular flexibility index (Phi) is 11.1. The van der Waals surface area contributed by atoms with Crippen LogP contribution in [0.4, 0.5) is 0 Å². The van der Waals surface area contributed by atoms with Gasteiger partial charge in [0, 0.05) is 6.04 Å². The summed E-state index contributed by atoms with van der Waals surface area (Å²) in [6.07, 6.45) is 2.90. The van der Waals surface area contributed by atoms with Crippen molar-refractivity contribution in [3.8, 4) is 0 Å². The third kappa shape index (κ3) is 7.84. The molecular weight excluding hydrogens is 374 g/mol. The van der Waals surface area contributed by atoms with E-state index in [9.17, 15) is 0 Å². The zero-order valence-electron chi connectivity index (χ0n) is 19.3. The highest BCUT2D eigenvalue weighted by molar-refractivity contribution is 5.20. The van der Waals surface area contributed by atoms with Gasteiger partial charge in [0.1, 0.15) is 6.10 Å². The Bertz CT molecular complexity index is 689. The number of hydrogen-bond donors (Lipinski definition) is 1. The van der Waals surface area contributed by atoms with Crippen LogP contribution >= 0.6 is 0 Å². The fourth-order valence-corrected chi connectivity index (χ4v) is 3.52. The van der Waals surface area contributed by atoms with E-state index in [2.05, 4.69) is 67.7 Å². The van der Waals surface area contributed by atoms with E-state index >= 15 is 0 Å². The van der Waals surface area contributed by atoms with Gasteiger partial charge in [0.05, 0.1) is 19.3 Å². The molecule has 0 amide bonds. The molecule has 0 aliphatic carbocycles. The van der Waals surface area contributed by atoms with Crippen molar-refractivity contribution in [2.75, 3.05) is 13.7 Å². The molecule has 0 saturated carbocycles. The number of benzene rings is 2. The molecule has 2 aromatic rings. The molecule has 4 heteroatoms. The maximum Gasteiger partial charge on any atom is 0.158 e. The predicted molar refractivity (Wildman–Crippen MR) is 123 cm³/mol. The number of likely N-dealkylation sites (N-methyl/N-ethyl adjacent to an activating group) is 1. The first-order valence-electron chi connectivity index (χ1n) is 11.3. The Morgan fingerprint density at radius 3 is 2.40 bits per heavy atom. The molecule has 166 valence electrons. The predicted octanol–water partition coefficient (Wildman–Crippen LogP) is 5.80. The zero-order chi connectivity index (χ0) is 21.8. The van der Waals surface area contributed by atoms with Crippen LogP contribution < -0.4 is 5.32 Å². The van der Waals surface area contributed by atoms with Gasteiger partial charge in [-0.3, -0.25) is 0 Å². The molecule has 1 heterocycles. The molecule has 1 aliphatic rings. The monoisotopic (exact) mass is 413 g/mol. The largest absolute Gasteiger partial charge is 0.374 e. The molecule has 4 nitrogen and oxygen atoms in total. The third-order valence-electron chi connectivity index (χ3n) is 5.34. The van der Waals surface area contributed by atoms with E-state index in [1.54, 1.807) is 0 Å². The molecule has 0 radical (unpaired) electrons. The molecule has 1 aliphatic heterocycles. The highest BCUT2D eigenvalue weighted by Crippen LogP contribution is 2.28. The molecule has 1 fully saturated rings. The Balaban J connectivity index is 0.00000155. The number of rotatable bonds is 9. The average molecular weight is 414 g/mol. The molecule has 30 heavy (non-hydrogen) atoms. The molecule has 0 bridgehead atoms. The van der Waals surface area contributed by atoms with Crippen molar-refractivity contribution in [2.24, 2.45) is 0 Å². The Morgan fingerprint density at radius 1 is 1.03 bits per heavy atom. The van der Waals surface area contributed by atoms with Crippen molar-refractivity contribution in [1.82, 2.24) is 5.32 Å². The van der Waals surface area contributed by atoms with Gasteiger partial charge in [-0.05, 0) is 51.3 Å². The van der Waals surface area contributed by atoms with Crippen molar-refractivity contribution in [3.05, 3.63) is 71.3 Å². The van der Waals surface area contributed by atoms with Gasteiger partial charge in [-0.25, -0.2) is 0 Å². The van der Waals surface area contributed by atoms with Gasteiger partial charge in [0.25, 0.3) is 0 Å². The lowest BCUT2D eigenvalue weighted by Gasteiger charge is -2.34. The summed E-state index contributed by atoms with van der Waals surface area (Å²) in [5.41, 5.74) is 3.63. The van der Waals surface area contributed by atoms with E-state index in [0.717, 1.165) is 19.3 Å². The summed E-state index contributed by atoms with van der Waals surface area (Å²) >= 11 is 0. The summed E-state index contributed by atoms with van der Waals surface area (Å²) in [6.45, 7) is 9.46. The van der Waals surface area contributed by atoms with Gasteiger partial charge in [0.2, 0.25) is 0 Å². The van der Waals surface area contributed by atoms with E-state index in [0.29, 0.717) is 13.2 Å². The topological polar surface area (TPSA) is 39.7 Å². The maximum absolute atomic E-state index is 6.40. The minimum atomic E-state index is -0.192. The fraction of sp³-hybridized carbons (Fsp3) is 0.538. The molecule has 0 aromatic heterocycles. The van der Waals surface area contributed by atoms with E-state index in [-0.39, 0.29) is 24.5 Å². The Morgan fingerprint density at radius 2 is 1.73 bits per heavy atom. The number of nitrogens with one attached hydrogen (secondary N) is 1. The van der Waals surface area contributed by atoms with E-state index < -0.39 is 0 Å². The molecule has 1 saturated heterocycles. The van der Waals surface area contributed by atoms with Gasteiger partial charge in [-0.15, -0.1) is 0 Å². The molecule has 4 atom stereocenters. The second kappa shape index (κ2) is 13.6. The first-order valence-corrected chi connectivity index (χ1v) is 11.3. The van der Waals surface area contributed by atoms with Crippen LogP contribution in [0.1, 0.15) is 62.8 Å². The second-order valence-electron chi connectivity index (χ2n) is 7.66. The second-order valence-corrected chi connectivity index (χ2v) is 7.66. The van der Waals surface area contributed by atoms with Crippen LogP contribution in [0.2, 0.25) is 0 Å². The van der Waals surface area contributed by atoms with Crippen LogP contribution in [-0.4, -0.2) is 32.1 Å². The van der Waals surface area contributed by atoms with Crippen LogP contribution in [0.5, 0.6) is 0 Å². The summed E-state index contributed by atoms with van der Waals surface area (Å²) in [5, 5.41) is 3.32. The van der Waals surface area contributed by atoms with Crippen molar-refractivity contribution in [1.29, 1.82) is 0 Å². The summed E-state index contributed by atoms with van der Waals surface area (Å²) in [6, 6.07) is 19.0. The minimum Gasteiger partial charge on any atom is -0.374 e. The standard InChI is InChI=1S/C24H33NO3.C2H6/c1-18-12-14-20(15-13-18)16-26-17-22-10-7-11-23(27-22)28-24(19(2)25-3)21-8-5-4-6-9-21;1-2/h4-6,8-9,12-15,19,22-25H,7,10-11,16-17H2,1-3H3;1-2H3. The zero-order valence-corrected chi connectivity index (χ0v) is 19.3. The van der Waals surface area contributed by atoms with Gasteiger partial charge < -0.3 is 19.5 Å². The average Bonchev–Trinajstić information content (AvgIpc) is 2.80. The Labute approximate surface area is 182 Å². The molecular formula is C26H39NO3.